The summed E-state index contributed by atoms with van der Waals surface area (Å²) >= 11 is 1.75. The van der Waals surface area contributed by atoms with Gasteiger partial charge in [-0.15, -0.1) is 11.3 Å². The summed E-state index contributed by atoms with van der Waals surface area (Å²) in [5.74, 6) is -0.682. The van der Waals surface area contributed by atoms with Crippen LogP contribution in [0.1, 0.15) is 31.2 Å². The highest BCUT2D eigenvalue weighted by Crippen LogP contribution is 2.25. The van der Waals surface area contributed by atoms with Crippen molar-refractivity contribution in [3.63, 3.8) is 0 Å². The van der Waals surface area contributed by atoms with Crippen LogP contribution >= 0.6 is 11.3 Å². The van der Waals surface area contributed by atoms with Crippen LogP contribution in [0.5, 0.6) is 0 Å². The molecule has 7 heteroatoms. The molecular weight excluding hydrogens is 364 g/mol. The number of hydrogen-bond acceptors (Lipinski definition) is 6. The molecule has 1 aromatic heterocycles. The number of amides is 1. The molecule has 0 bridgehead atoms. The minimum atomic E-state index is -0.718. The fourth-order valence-corrected chi connectivity index (χ4v) is 4.46. The molecule has 27 heavy (non-hydrogen) atoms. The minimum Gasteiger partial charge on any atom is -0.452 e. The normalized spacial score (nSPS) is 20.2. The molecule has 150 valence electrons. The molecule has 0 unspecified atom stereocenters. The fourth-order valence-electron chi connectivity index (χ4n) is 3.58. The van der Waals surface area contributed by atoms with E-state index in [2.05, 4.69) is 16.3 Å². The number of hydrogen-bond donors (Lipinski definition) is 0. The van der Waals surface area contributed by atoms with Crippen molar-refractivity contribution >= 4 is 23.2 Å². The maximum atomic E-state index is 13.0. The highest BCUT2D eigenvalue weighted by Gasteiger charge is 2.34. The molecule has 1 fully saturated rings. The van der Waals surface area contributed by atoms with Crippen molar-refractivity contribution in [2.75, 3.05) is 39.4 Å². The van der Waals surface area contributed by atoms with Gasteiger partial charge in [0, 0.05) is 37.6 Å². The Hall–Kier alpha value is -1.44. The van der Waals surface area contributed by atoms with Gasteiger partial charge < -0.3 is 14.4 Å². The van der Waals surface area contributed by atoms with Crippen molar-refractivity contribution in [1.82, 2.24) is 9.80 Å². The molecule has 2 atom stereocenters. The lowest BCUT2D eigenvalue weighted by Crippen LogP contribution is -2.47. The average molecular weight is 395 g/mol. The van der Waals surface area contributed by atoms with E-state index in [1.165, 1.54) is 10.4 Å². The molecule has 1 saturated heterocycles. The number of thiophene rings is 1. The topological polar surface area (TPSA) is 59.1 Å². The number of rotatable bonds is 6. The lowest BCUT2D eigenvalue weighted by Gasteiger charge is -2.33. The van der Waals surface area contributed by atoms with E-state index in [1.54, 1.807) is 11.3 Å². The standard InChI is InChI=1S/C20H30N2O4S/c1-14(2)18(19(23)22-6-4-17-16(13-22)5-11-27-17)26-20(24)15(3)12-21-7-9-25-10-8-21/h5,11,14-15,18H,4,6-10,12-13H2,1-3H3/t15-,18-/m1/s1. The van der Waals surface area contributed by atoms with Crippen molar-refractivity contribution < 1.29 is 19.1 Å². The van der Waals surface area contributed by atoms with Gasteiger partial charge in [-0.1, -0.05) is 20.8 Å². The largest absolute Gasteiger partial charge is 0.452 e. The molecule has 1 amide bonds. The molecule has 6 nitrogen and oxygen atoms in total. The predicted octanol–water partition coefficient (Wildman–Crippen LogP) is 2.17. The molecule has 3 rings (SSSR count). The lowest BCUT2D eigenvalue weighted by atomic mass is 10.0. The summed E-state index contributed by atoms with van der Waals surface area (Å²) in [5, 5.41) is 2.08. The summed E-state index contributed by atoms with van der Waals surface area (Å²) in [6.45, 7) is 10.8. The van der Waals surface area contributed by atoms with E-state index in [0.717, 1.165) is 19.5 Å². The second-order valence-electron chi connectivity index (χ2n) is 7.79. The van der Waals surface area contributed by atoms with Crippen LogP contribution < -0.4 is 0 Å². The van der Waals surface area contributed by atoms with Crippen molar-refractivity contribution in [1.29, 1.82) is 0 Å². The Labute approximate surface area is 165 Å². The molecule has 0 radical (unpaired) electrons. The first-order valence-electron chi connectivity index (χ1n) is 9.80. The second kappa shape index (κ2) is 9.17. The van der Waals surface area contributed by atoms with Gasteiger partial charge in [-0.05, 0) is 29.3 Å². The number of carbonyl (C=O) groups excluding carboxylic acids is 2. The fraction of sp³-hybridized carbons (Fsp3) is 0.700. The van der Waals surface area contributed by atoms with Gasteiger partial charge in [0.2, 0.25) is 0 Å². The molecule has 3 heterocycles. The van der Waals surface area contributed by atoms with Crippen LogP contribution in [0.2, 0.25) is 0 Å². The third kappa shape index (κ3) is 5.09. The molecule has 1 aromatic rings. The third-order valence-corrected chi connectivity index (χ3v) is 6.27. The Kier molecular flexibility index (Phi) is 6.89. The van der Waals surface area contributed by atoms with Crippen LogP contribution in [0.15, 0.2) is 11.4 Å². The van der Waals surface area contributed by atoms with Crippen LogP contribution in [-0.2, 0) is 32.0 Å². The minimum absolute atomic E-state index is 0.0547. The Morgan fingerprint density at radius 3 is 2.67 bits per heavy atom. The van der Waals surface area contributed by atoms with Gasteiger partial charge in [0.15, 0.2) is 6.10 Å². The number of carbonyl (C=O) groups is 2. The van der Waals surface area contributed by atoms with E-state index in [0.29, 0.717) is 32.8 Å². The lowest BCUT2D eigenvalue weighted by molar-refractivity contribution is -0.167. The predicted molar refractivity (Wildman–Crippen MR) is 105 cm³/mol. The first-order chi connectivity index (χ1) is 13.0. The SMILES string of the molecule is CC(C)[C@@H](OC(=O)[C@H](C)CN1CCOCC1)C(=O)N1CCc2sccc2C1. The summed E-state index contributed by atoms with van der Waals surface area (Å²) < 4.78 is 11.1. The molecule has 0 aliphatic carbocycles. The first-order valence-corrected chi connectivity index (χ1v) is 10.7. The van der Waals surface area contributed by atoms with Gasteiger partial charge in [-0.25, -0.2) is 0 Å². The van der Waals surface area contributed by atoms with Crippen LogP contribution in [0.25, 0.3) is 0 Å². The zero-order valence-electron chi connectivity index (χ0n) is 16.5. The maximum Gasteiger partial charge on any atom is 0.310 e. The van der Waals surface area contributed by atoms with E-state index in [1.807, 2.05) is 25.7 Å². The molecule has 0 N–H and O–H groups in total. The van der Waals surface area contributed by atoms with Gasteiger partial charge in [0.25, 0.3) is 5.91 Å². The highest BCUT2D eigenvalue weighted by atomic mass is 32.1. The Morgan fingerprint density at radius 1 is 1.22 bits per heavy atom. The highest BCUT2D eigenvalue weighted by molar-refractivity contribution is 7.10. The van der Waals surface area contributed by atoms with Gasteiger partial charge in [-0.2, -0.15) is 0 Å². The number of ether oxygens (including phenoxy) is 2. The molecular formula is C20H30N2O4S. The van der Waals surface area contributed by atoms with Crippen molar-refractivity contribution in [2.45, 2.75) is 39.8 Å². The van der Waals surface area contributed by atoms with E-state index in [-0.39, 0.29) is 23.7 Å². The van der Waals surface area contributed by atoms with Crippen LogP contribution in [0.3, 0.4) is 0 Å². The Morgan fingerprint density at radius 2 is 1.96 bits per heavy atom. The average Bonchev–Trinajstić information content (AvgIpc) is 3.13. The summed E-state index contributed by atoms with van der Waals surface area (Å²) in [7, 11) is 0. The quantitative estimate of drug-likeness (QED) is 0.692. The Balaban J connectivity index is 1.58. The molecule has 0 spiro atoms. The Bertz CT molecular complexity index is 654. The van der Waals surface area contributed by atoms with Crippen molar-refractivity contribution in [3.05, 3.63) is 21.9 Å². The van der Waals surface area contributed by atoms with Crippen LogP contribution in [-0.4, -0.2) is 67.2 Å². The molecule has 2 aliphatic heterocycles. The zero-order chi connectivity index (χ0) is 19.4. The van der Waals surface area contributed by atoms with E-state index in [4.69, 9.17) is 9.47 Å². The van der Waals surface area contributed by atoms with E-state index in [9.17, 15) is 9.59 Å². The van der Waals surface area contributed by atoms with Gasteiger partial charge in [0.05, 0.1) is 19.1 Å². The first kappa shape index (κ1) is 20.3. The van der Waals surface area contributed by atoms with E-state index < -0.39 is 6.10 Å². The van der Waals surface area contributed by atoms with Gasteiger partial charge in [-0.3, -0.25) is 14.5 Å². The number of fused-ring (bicyclic) bond motifs is 1. The summed E-state index contributed by atoms with van der Waals surface area (Å²) in [6.07, 6.45) is 0.162. The maximum absolute atomic E-state index is 13.0. The van der Waals surface area contributed by atoms with Crippen molar-refractivity contribution in [2.24, 2.45) is 11.8 Å². The second-order valence-corrected chi connectivity index (χ2v) is 8.80. The summed E-state index contributed by atoms with van der Waals surface area (Å²) in [6, 6.07) is 2.08. The molecule has 0 aromatic carbocycles. The summed E-state index contributed by atoms with van der Waals surface area (Å²) in [4.78, 5) is 31.1. The number of esters is 1. The van der Waals surface area contributed by atoms with Gasteiger partial charge >= 0.3 is 5.97 Å². The smallest absolute Gasteiger partial charge is 0.310 e. The monoisotopic (exact) mass is 394 g/mol. The zero-order valence-corrected chi connectivity index (χ0v) is 17.3. The number of nitrogens with zero attached hydrogens (tertiary/aromatic N) is 2. The summed E-state index contributed by atoms with van der Waals surface area (Å²) in [5.41, 5.74) is 1.22. The van der Waals surface area contributed by atoms with Crippen LogP contribution in [0.4, 0.5) is 0 Å². The van der Waals surface area contributed by atoms with Gasteiger partial charge in [0.1, 0.15) is 0 Å². The van der Waals surface area contributed by atoms with E-state index >= 15 is 0 Å². The molecule has 0 saturated carbocycles. The van der Waals surface area contributed by atoms with Crippen molar-refractivity contribution in [3.8, 4) is 0 Å². The number of morpholine rings is 1. The molecule has 2 aliphatic rings. The third-order valence-electron chi connectivity index (χ3n) is 5.25. The van der Waals surface area contributed by atoms with Crippen LogP contribution in [0, 0.1) is 11.8 Å².